The van der Waals surface area contributed by atoms with E-state index in [9.17, 15) is 4.79 Å². The first-order valence-electron chi connectivity index (χ1n) is 6.38. The van der Waals surface area contributed by atoms with Crippen LogP contribution in [0.4, 0.5) is 5.69 Å². The number of benzene rings is 1. The molecule has 20 heavy (non-hydrogen) atoms. The zero-order valence-corrected chi connectivity index (χ0v) is 11.8. The lowest BCUT2D eigenvalue weighted by Crippen LogP contribution is -2.24. The van der Waals surface area contributed by atoms with Crippen LogP contribution in [0.1, 0.15) is 18.1 Å². The smallest absolute Gasteiger partial charge is 0.334 e. The van der Waals surface area contributed by atoms with E-state index >= 15 is 0 Å². The standard InChI is InChI=1S/C14H21NO5/c1-10(14(18)19-2)20-4-3-15-13-6-11(8-16)5-12(7-13)9-17/h5-7,10,15-17H,3-4,8-9H2,1-2H3. The lowest BCUT2D eigenvalue weighted by Gasteiger charge is -2.13. The minimum atomic E-state index is -0.599. The predicted octanol–water partition coefficient (Wildman–Crippen LogP) is 0.661. The van der Waals surface area contributed by atoms with Gasteiger partial charge in [-0.3, -0.25) is 0 Å². The molecule has 0 bridgehead atoms. The van der Waals surface area contributed by atoms with Gasteiger partial charge in [-0.1, -0.05) is 6.07 Å². The number of aliphatic hydroxyl groups is 2. The molecule has 1 unspecified atom stereocenters. The Morgan fingerprint density at radius 3 is 2.35 bits per heavy atom. The summed E-state index contributed by atoms with van der Waals surface area (Å²) in [5.41, 5.74) is 2.24. The van der Waals surface area contributed by atoms with Gasteiger partial charge in [-0.25, -0.2) is 4.79 Å². The molecule has 0 aliphatic rings. The van der Waals surface area contributed by atoms with Crippen LogP contribution in [-0.2, 0) is 27.5 Å². The van der Waals surface area contributed by atoms with Crippen LogP contribution in [0.25, 0.3) is 0 Å². The summed E-state index contributed by atoms with van der Waals surface area (Å²) in [5.74, 6) is -0.408. The van der Waals surface area contributed by atoms with Gasteiger partial charge >= 0.3 is 5.97 Å². The second-order valence-corrected chi connectivity index (χ2v) is 4.32. The number of carbonyl (C=O) groups excluding carboxylic acids is 1. The zero-order valence-electron chi connectivity index (χ0n) is 11.8. The third kappa shape index (κ3) is 5.16. The maximum atomic E-state index is 11.1. The van der Waals surface area contributed by atoms with Crippen molar-refractivity contribution < 1.29 is 24.5 Å². The Morgan fingerprint density at radius 1 is 1.25 bits per heavy atom. The fourth-order valence-electron chi connectivity index (χ4n) is 1.71. The van der Waals surface area contributed by atoms with Gasteiger partial charge in [0.1, 0.15) is 0 Å². The number of anilines is 1. The Kier molecular flexibility index (Phi) is 7.00. The third-order valence-electron chi connectivity index (χ3n) is 2.75. The number of methoxy groups -OCH3 is 1. The maximum Gasteiger partial charge on any atom is 0.334 e. The first-order valence-corrected chi connectivity index (χ1v) is 6.38. The molecular formula is C14H21NO5. The zero-order chi connectivity index (χ0) is 15.0. The molecule has 1 aromatic rings. The van der Waals surface area contributed by atoms with Gasteiger partial charge in [0.05, 0.1) is 26.9 Å². The summed E-state index contributed by atoms with van der Waals surface area (Å²) in [6, 6.07) is 5.33. The molecule has 0 radical (unpaired) electrons. The summed E-state index contributed by atoms with van der Waals surface area (Å²) >= 11 is 0. The largest absolute Gasteiger partial charge is 0.467 e. The maximum absolute atomic E-state index is 11.1. The SMILES string of the molecule is COC(=O)C(C)OCCNc1cc(CO)cc(CO)c1. The topological polar surface area (TPSA) is 88.0 Å². The van der Waals surface area contributed by atoms with Crippen molar-refractivity contribution in [2.75, 3.05) is 25.6 Å². The van der Waals surface area contributed by atoms with E-state index in [2.05, 4.69) is 10.1 Å². The van der Waals surface area contributed by atoms with Crippen molar-refractivity contribution >= 4 is 11.7 Å². The molecular weight excluding hydrogens is 262 g/mol. The lowest BCUT2D eigenvalue weighted by atomic mass is 10.1. The highest BCUT2D eigenvalue weighted by molar-refractivity contribution is 5.73. The van der Waals surface area contributed by atoms with E-state index in [-0.39, 0.29) is 13.2 Å². The number of aliphatic hydroxyl groups excluding tert-OH is 2. The van der Waals surface area contributed by atoms with Crippen molar-refractivity contribution in [3.63, 3.8) is 0 Å². The molecule has 0 amide bonds. The van der Waals surface area contributed by atoms with Crippen LogP contribution < -0.4 is 5.32 Å². The molecule has 6 heteroatoms. The van der Waals surface area contributed by atoms with E-state index in [1.165, 1.54) is 7.11 Å². The van der Waals surface area contributed by atoms with Crippen molar-refractivity contribution in [3.8, 4) is 0 Å². The minimum absolute atomic E-state index is 0.0849. The number of carbonyl (C=O) groups is 1. The van der Waals surface area contributed by atoms with Crippen LogP contribution in [0.3, 0.4) is 0 Å². The summed E-state index contributed by atoms with van der Waals surface area (Å²) in [5, 5.41) is 21.4. The normalized spacial score (nSPS) is 12.0. The molecule has 1 rings (SSSR count). The van der Waals surface area contributed by atoms with E-state index in [0.29, 0.717) is 13.2 Å². The fourth-order valence-corrected chi connectivity index (χ4v) is 1.71. The minimum Gasteiger partial charge on any atom is -0.467 e. The van der Waals surface area contributed by atoms with Gasteiger partial charge in [0.15, 0.2) is 6.10 Å². The highest BCUT2D eigenvalue weighted by Gasteiger charge is 2.12. The quantitative estimate of drug-likeness (QED) is 0.480. The van der Waals surface area contributed by atoms with Gasteiger partial charge in [-0.15, -0.1) is 0 Å². The van der Waals surface area contributed by atoms with Crippen LogP contribution in [-0.4, -0.2) is 42.5 Å². The number of ether oxygens (including phenoxy) is 2. The summed E-state index contributed by atoms with van der Waals surface area (Å²) in [7, 11) is 1.32. The van der Waals surface area contributed by atoms with Crippen LogP contribution in [0.5, 0.6) is 0 Å². The van der Waals surface area contributed by atoms with Crippen LogP contribution in [0.15, 0.2) is 18.2 Å². The second-order valence-electron chi connectivity index (χ2n) is 4.32. The van der Waals surface area contributed by atoms with Gasteiger partial charge in [0.25, 0.3) is 0 Å². The summed E-state index contributed by atoms with van der Waals surface area (Å²) in [4.78, 5) is 11.1. The first-order chi connectivity index (χ1) is 9.60. The predicted molar refractivity (Wildman–Crippen MR) is 74.2 cm³/mol. The molecule has 3 N–H and O–H groups in total. The van der Waals surface area contributed by atoms with Crippen LogP contribution >= 0.6 is 0 Å². The first kappa shape index (κ1) is 16.4. The molecule has 0 spiro atoms. The number of rotatable bonds is 8. The Labute approximate surface area is 118 Å². The summed E-state index contributed by atoms with van der Waals surface area (Å²) in [6.07, 6.45) is -0.599. The average molecular weight is 283 g/mol. The van der Waals surface area contributed by atoms with Gasteiger partial charge in [0.2, 0.25) is 0 Å². The van der Waals surface area contributed by atoms with Crippen molar-refractivity contribution in [2.24, 2.45) is 0 Å². The monoisotopic (exact) mass is 283 g/mol. The Hall–Kier alpha value is -1.63. The van der Waals surface area contributed by atoms with Gasteiger partial charge < -0.3 is 25.0 Å². The van der Waals surface area contributed by atoms with Crippen LogP contribution in [0, 0.1) is 0 Å². The number of esters is 1. The summed E-state index contributed by atoms with van der Waals surface area (Å²) in [6.45, 7) is 2.30. The number of hydrogen-bond donors (Lipinski definition) is 3. The van der Waals surface area contributed by atoms with Gasteiger partial charge in [-0.2, -0.15) is 0 Å². The van der Waals surface area contributed by atoms with E-state index in [4.69, 9.17) is 14.9 Å². The molecule has 0 saturated heterocycles. The Morgan fingerprint density at radius 2 is 1.85 bits per heavy atom. The number of nitrogens with one attached hydrogen (secondary N) is 1. The molecule has 1 aromatic carbocycles. The highest BCUT2D eigenvalue weighted by Crippen LogP contribution is 2.15. The van der Waals surface area contributed by atoms with Gasteiger partial charge in [-0.05, 0) is 30.2 Å². The number of hydrogen-bond acceptors (Lipinski definition) is 6. The average Bonchev–Trinajstić information content (AvgIpc) is 2.49. The Balaban J connectivity index is 2.43. The fraction of sp³-hybridized carbons (Fsp3) is 0.500. The lowest BCUT2D eigenvalue weighted by molar-refractivity contribution is -0.152. The van der Waals surface area contributed by atoms with Crippen molar-refractivity contribution in [3.05, 3.63) is 29.3 Å². The van der Waals surface area contributed by atoms with E-state index in [0.717, 1.165) is 16.8 Å². The van der Waals surface area contributed by atoms with Crippen LogP contribution in [0.2, 0.25) is 0 Å². The highest BCUT2D eigenvalue weighted by atomic mass is 16.6. The molecule has 0 aliphatic carbocycles. The van der Waals surface area contributed by atoms with E-state index in [1.54, 1.807) is 25.1 Å². The van der Waals surface area contributed by atoms with E-state index < -0.39 is 12.1 Å². The molecule has 0 saturated carbocycles. The molecule has 0 fully saturated rings. The van der Waals surface area contributed by atoms with E-state index in [1.807, 2.05) is 0 Å². The third-order valence-corrected chi connectivity index (χ3v) is 2.75. The molecule has 112 valence electrons. The summed E-state index contributed by atoms with van der Waals surface area (Å²) < 4.78 is 9.84. The molecule has 0 heterocycles. The second kappa shape index (κ2) is 8.52. The van der Waals surface area contributed by atoms with Crippen molar-refractivity contribution in [2.45, 2.75) is 26.2 Å². The van der Waals surface area contributed by atoms with Crippen molar-refractivity contribution in [1.29, 1.82) is 0 Å². The molecule has 0 aromatic heterocycles. The van der Waals surface area contributed by atoms with Gasteiger partial charge in [0, 0.05) is 12.2 Å². The molecule has 1 atom stereocenters. The Bertz CT molecular complexity index is 413. The molecule has 0 aliphatic heterocycles. The van der Waals surface area contributed by atoms with Crippen molar-refractivity contribution in [1.82, 2.24) is 0 Å². The molecule has 6 nitrogen and oxygen atoms in total.